The van der Waals surface area contributed by atoms with Gasteiger partial charge in [0, 0.05) is 5.39 Å². The molecule has 0 N–H and O–H groups in total. The molecule has 0 fully saturated rings. The van der Waals surface area contributed by atoms with E-state index in [2.05, 4.69) is 10.2 Å². The molecule has 5 nitrogen and oxygen atoms in total. The second-order valence-electron chi connectivity index (χ2n) is 6.13. The summed E-state index contributed by atoms with van der Waals surface area (Å²) in [6.45, 7) is 4.40. The van der Waals surface area contributed by atoms with Crippen LogP contribution < -0.4 is 5.56 Å². The Bertz CT molecular complexity index is 1110. The Morgan fingerprint density at radius 3 is 2.44 bits per heavy atom. The summed E-state index contributed by atoms with van der Waals surface area (Å²) in [6, 6.07) is 17.7. The van der Waals surface area contributed by atoms with E-state index in [1.54, 1.807) is 10.9 Å². The molecule has 2 heterocycles. The van der Waals surface area contributed by atoms with Gasteiger partial charge in [0.2, 0.25) is 0 Å². The van der Waals surface area contributed by atoms with Gasteiger partial charge in [-0.1, -0.05) is 42.5 Å². The largest absolute Gasteiger partial charge is 0.293 e. The average molecular weight is 330 g/mol. The fourth-order valence-corrected chi connectivity index (χ4v) is 3.04. The minimum atomic E-state index is -0.134. The predicted molar refractivity (Wildman–Crippen MR) is 98.1 cm³/mol. The van der Waals surface area contributed by atoms with Crippen molar-refractivity contribution in [2.75, 3.05) is 0 Å². The van der Waals surface area contributed by atoms with Crippen LogP contribution in [0.1, 0.15) is 16.8 Å². The van der Waals surface area contributed by atoms with Gasteiger partial charge in [-0.15, -0.1) is 0 Å². The molecular formula is C20H18N4O. The molecule has 4 rings (SSSR count). The predicted octanol–water partition coefficient (Wildman–Crippen LogP) is 3.25. The molecule has 5 heteroatoms. The Morgan fingerprint density at radius 1 is 0.960 bits per heavy atom. The number of nitrogens with zero attached hydrogens (tertiary/aromatic N) is 4. The van der Waals surface area contributed by atoms with Crippen LogP contribution in [0.4, 0.5) is 0 Å². The van der Waals surface area contributed by atoms with Gasteiger partial charge in [-0.3, -0.25) is 4.79 Å². The third-order valence-electron chi connectivity index (χ3n) is 4.45. The number of benzene rings is 2. The van der Waals surface area contributed by atoms with Crippen LogP contribution >= 0.6 is 0 Å². The molecule has 2 aromatic heterocycles. The SMILES string of the molecule is Cc1ccccc1Cn1nc(C)c2cnn(-c3ccccc3)c2c1=O. The van der Waals surface area contributed by atoms with Gasteiger partial charge in [0.05, 0.1) is 24.1 Å². The third-order valence-corrected chi connectivity index (χ3v) is 4.45. The van der Waals surface area contributed by atoms with E-state index in [0.717, 1.165) is 27.9 Å². The maximum absolute atomic E-state index is 13.1. The second kappa shape index (κ2) is 6.02. The van der Waals surface area contributed by atoms with Gasteiger partial charge in [-0.05, 0) is 37.1 Å². The molecule has 0 spiro atoms. The van der Waals surface area contributed by atoms with Gasteiger partial charge in [-0.2, -0.15) is 10.2 Å². The lowest BCUT2D eigenvalue weighted by atomic mass is 10.1. The fraction of sp³-hybridized carbons (Fsp3) is 0.150. The number of aromatic nitrogens is 4. The van der Waals surface area contributed by atoms with Crippen molar-refractivity contribution in [3.05, 3.63) is 88.0 Å². The first-order chi connectivity index (χ1) is 12.1. The summed E-state index contributed by atoms with van der Waals surface area (Å²) in [4.78, 5) is 13.1. The molecule has 0 unspecified atom stereocenters. The monoisotopic (exact) mass is 330 g/mol. The molecule has 4 aromatic rings. The van der Waals surface area contributed by atoms with Crippen LogP contribution in [0.15, 0.2) is 65.6 Å². The summed E-state index contributed by atoms with van der Waals surface area (Å²) in [6.07, 6.45) is 1.71. The molecule has 0 saturated carbocycles. The van der Waals surface area contributed by atoms with Crippen molar-refractivity contribution in [1.82, 2.24) is 19.6 Å². The molecule has 124 valence electrons. The van der Waals surface area contributed by atoms with Gasteiger partial charge in [0.25, 0.3) is 5.56 Å². The second-order valence-corrected chi connectivity index (χ2v) is 6.13. The minimum Gasteiger partial charge on any atom is -0.265 e. The number of hydrogen-bond acceptors (Lipinski definition) is 3. The zero-order valence-electron chi connectivity index (χ0n) is 14.2. The van der Waals surface area contributed by atoms with Crippen LogP contribution in [0.25, 0.3) is 16.6 Å². The normalized spacial score (nSPS) is 11.1. The quantitative estimate of drug-likeness (QED) is 0.579. The zero-order chi connectivity index (χ0) is 17.4. The fourth-order valence-electron chi connectivity index (χ4n) is 3.04. The molecule has 0 atom stereocenters. The molecular weight excluding hydrogens is 312 g/mol. The van der Waals surface area contributed by atoms with Crippen LogP contribution in [0, 0.1) is 13.8 Å². The van der Waals surface area contributed by atoms with Crippen molar-refractivity contribution in [3.8, 4) is 5.69 Å². The summed E-state index contributed by atoms with van der Waals surface area (Å²) in [5.74, 6) is 0. The first-order valence-electron chi connectivity index (χ1n) is 8.20. The topological polar surface area (TPSA) is 52.7 Å². The zero-order valence-corrected chi connectivity index (χ0v) is 14.2. The van der Waals surface area contributed by atoms with Crippen molar-refractivity contribution in [3.63, 3.8) is 0 Å². The summed E-state index contributed by atoms with van der Waals surface area (Å²) in [7, 11) is 0. The van der Waals surface area contributed by atoms with Crippen LogP contribution in [0.2, 0.25) is 0 Å². The highest BCUT2D eigenvalue weighted by Gasteiger charge is 2.15. The van der Waals surface area contributed by atoms with Crippen molar-refractivity contribution in [2.24, 2.45) is 0 Å². The molecule has 25 heavy (non-hydrogen) atoms. The molecule has 0 bridgehead atoms. The Kier molecular flexibility index (Phi) is 3.69. The van der Waals surface area contributed by atoms with Gasteiger partial charge in [0.1, 0.15) is 5.52 Å². The summed E-state index contributed by atoms with van der Waals surface area (Å²) in [5, 5.41) is 9.70. The van der Waals surface area contributed by atoms with Crippen molar-refractivity contribution < 1.29 is 0 Å². The van der Waals surface area contributed by atoms with E-state index >= 15 is 0 Å². The number of aryl methyl sites for hydroxylation is 2. The van der Waals surface area contributed by atoms with Crippen LogP contribution in [-0.4, -0.2) is 19.6 Å². The van der Waals surface area contributed by atoms with Gasteiger partial charge < -0.3 is 0 Å². The first kappa shape index (κ1) is 15.3. The van der Waals surface area contributed by atoms with E-state index in [4.69, 9.17) is 0 Å². The number of fused-ring (bicyclic) bond motifs is 1. The van der Waals surface area contributed by atoms with Crippen molar-refractivity contribution in [1.29, 1.82) is 0 Å². The molecule has 0 saturated heterocycles. The van der Waals surface area contributed by atoms with E-state index in [1.807, 2.05) is 68.4 Å². The van der Waals surface area contributed by atoms with E-state index < -0.39 is 0 Å². The Labute approximate surface area is 145 Å². The highest BCUT2D eigenvalue weighted by molar-refractivity contribution is 5.81. The molecule has 0 aliphatic carbocycles. The first-order valence-corrected chi connectivity index (χ1v) is 8.20. The van der Waals surface area contributed by atoms with Gasteiger partial charge >= 0.3 is 0 Å². The van der Waals surface area contributed by atoms with E-state index in [9.17, 15) is 4.79 Å². The lowest BCUT2D eigenvalue weighted by molar-refractivity contribution is 0.632. The maximum Gasteiger partial charge on any atom is 0.293 e. The highest BCUT2D eigenvalue weighted by atomic mass is 16.1. The van der Waals surface area contributed by atoms with Crippen molar-refractivity contribution >= 4 is 10.9 Å². The van der Waals surface area contributed by atoms with Gasteiger partial charge in [-0.25, -0.2) is 9.36 Å². The number of hydrogen-bond donors (Lipinski definition) is 0. The van der Waals surface area contributed by atoms with E-state index in [0.29, 0.717) is 12.1 Å². The Balaban J connectivity index is 1.92. The standard InChI is InChI=1S/C20H18N4O/c1-14-8-6-7-9-16(14)13-23-20(25)19-18(15(2)22-23)12-21-24(19)17-10-4-3-5-11-17/h3-12H,13H2,1-2H3. The molecule has 2 aromatic carbocycles. The number of rotatable bonds is 3. The minimum absolute atomic E-state index is 0.134. The Hall–Kier alpha value is -3.21. The summed E-state index contributed by atoms with van der Waals surface area (Å²) in [5.41, 5.74) is 4.32. The van der Waals surface area contributed by atoms with Gasteiger partial charge in [0.15, 0.2) is 0 Å². The van der Waals surface area contributed by atoms with E-state index in [1.165, 1.54) is 4.68 Å². The number of para-hydroxylation sites is 1. The summed E-state index contributed by atoms with van der Waals surface area (Å²) < 4.78 is 3.22. The van der Waals surface area contributed by atoms with Crippen LogP contribution in [-0.2, 0) is 6.54 Å². The molecule has 0 radical (unpaired) electrons. The van der Waals surface area contributed by atoms with Crippen LogP contribution in [0.3, 0.4) is 0 Å². The molecule has 0 amide bonds. The lowest BCUT2D eigenvalue weighted by Crippen LogP contribution is -2.26. The third kappa shape index (κ3) is 2.63. The maximum atomic E-state index is 13.1. The summed E-state index contributed by atoms with van der Waals surface area (Å²) >= 11 is 0. The highest BCUT2D eigenvalue weighted by Crippen LogP contribution is 2.17. The molecule has 0 aliphatic rings. The molecule has 0 aliphatic heterocycles. The van der Waals surface area contributed by atoms with Crippen molar-refractivity contribution in [2.45, 2.75) is 20.4 Å². The van der Waals surface area contributed by atoms with E-state index in [-0.39, 0.29) is 5.56 Å². The van der Waals surface area contributed by atoms with Crippen LogP contribution in [0.5, 0.6) is 0 Å². The lowest BCUT2D eigenvalue weighted by Gasteiger charge is -2.10. The smallest absolute Gasteiger partial charge is 0.265 e. The Morgan fingerprint density at radius 2 is 1.68 bits per heavy atom. The average Bonchev–Trinajstić information content (AvgIpc) is 3.08.